The third-order valence-electron chi connectivity index (χ3n) is 5.74. The number of nitrogens with zero attached hydrogens (tertiary/aromatic N) is 2. The number of rotatable bonds is 8. The van der Waals surface area contributed by atoms with E-state index in [9.17, 15) is 9.18 Å². The van der Waals surface area contributed by atoms with Crippen LogP contribution in [-0.2, 0) is 11.3 Å². The number of halogens is 1. The smallest absolute Gasteiger partial charge is 0.221 e. The first kappa shape index (κ1) is 21.2. The van der Waals surface area contributed by atoms with Crippen LogP contribution >= 0.6 is 0 Å². The molecule has 1 heterocycles. The Kier molecular flexibility index (Phi) is 7.10. The van der Waals surface area contributed by atoms with Crippen LogP contribution in [0, 0.1) is 5.82 Å². The lowest BCUT2D eigenvalue weighted by atomic mass is 9.95. The molecule has 0 spiro atoms. The molecular formula is C25H29FN4O. The first-order valence-electron chi connectivity index (χ1n) is 11.1. The molecule has 0 saturated heterocycles. The van der Waals surface area contributed by atoms with Gasteiger partial charge in [-0.1, -0.05) is 37.5 Å². The van der Waals surface area contributed by atoms with Crippen LogP contribution in [0.3, 0.4) is 0 Å². The SMILES string of the molecule is O=C(CCNCc1cn(-c2ccccc2)nc1-c1ccc(F)cc1)NC1CCCCC1. The van der Waals surface area contributed by atoms with Gasteiger partial charge in [-0.05, 0) is 49.2 Å². The molecule has 0 aliphatic heterocycles. The number of carbonyl (C=O) groups excluding carboxylic acids is 1. The zero-order valence-corrected chi connectivity index (χ0v) is 17.7. The van der Waals surface area contributed by atoms with Gasteiger partial charge in [-0.3, -0.25) is 4.79 Å². The van der Waals surface area contributed by atoms with Gasteiger partial charge in [-0.25, -0.2) is 9.07 Å². The molecule has 1 saturated carbocycles. The molecule has 3 aromatic rings. The number of nitrogens with one attached hydrogen (secondary N) is 2. The maximum absolute atomic E-state index is 13.4. The maximum atomic E-state index is 13.4. The highest BCUT2D eigenvalue weighted by Crippen LogP contribution is 2.24. The molecule has 0 radical (unpaired) electrons. The summed E-state index contributed by atoms with van der Waals surface area (Å²) < 4.78 is 15.2. The quantitative estimate of drug-likeness (QED) is 0.524. The summed E-state index contributed by atoms with van der Waals surface area (Å²) in [6.07, 6.45) is 8.33. The number of para-hydroxylation sites is 1. The third-order valence-corrected chi connectivity index (χ3v) is 5.74. The minimum atomic E-state index is -0.269. The molecule has 0 atom stereocenters. The van der Waals surface area contributed by atoms with Crippen molar-refractivity contribution in [1.82, 2.24) is 20.4 Å². The molecule has 2 N–H and O–H groups in total. The molecule has 0 unspecified atom stereocenters. The van der Waals surface area contributed by atoms with Crippen molar-refractivity contribution in [3.8, 4) is 16.9 Å². The monoisotopic (exact) mass is 420 g/mol. The molecule has 162 valence electrons. The van der Waals surface area contributed by atoms with Gasteiger partial charge in [0.1, 0.15) is 5.82 Å². The van der Waals surface area contributed by atoms with E-state index in [1.54, 1.807) is 12.1 Å². The molecular weight excluding hydrogens is 391 g/mol. The second-order valence-corrected chi connectivity index (χ2v) is 8.12. The van der Waals surface area contributed by atoms with Crippen molar-refractivity contribution in [3.05, 3.63) is 72.2 Å². The summed E-state index contributed by atoms with van der Waals surface area (Å²) >= 11 is 0. The van der Waals surface area contributed by atoms with Crippen LogP contribution < -0.4 is 10.6 Å². The first-order chi connectivity index (χ1) is 15.2. The molecule has 31 heavy (non-hydrogen) atoms. The van der Waals surface area contributed by atoms with Crippen LogP contribution in [0.25, 0.3) is 16.9 Å². The van der Waals surface area contributed by atoms with Gasteiger partial charge in [-0.2, -0.15) is 5.10 Å². The van der Waals surface area contributed by atoms with Crippen molar-refractivity contribution in [1.29, 1.82) is 0 Å². The van der Waals surface area contributed by atoms with Crippen LogP contribution in [-0.4, -0.2) is 28.3 Å². The van der Waals surface area contributed by atoms with Gasteiger partial charge in [0.25, 0.3) is 0 Å². The van der Waals surface area contributed by atoms with E-state index < -0.39 is 0 Å². The summed E-state index contributed by atoms with van der Waals surface area (Å²) in [5, 5.41) is 11.3. The van der Waals surface area contributed by atoms with Crippen molar-refractivity contribution in [2.75, 3.05) is 6.54 Å². The van der Waals surface area contributed by atoms with E-state index in [2.05, 4.69) is 10.6 Å². The normalized spacial score (nSPS) is 14.5. The molecule has 2 aromatic carbocycles. The highest BCUT2D eigenvalue weighted by atomic mass is 19.1. The Labute approximate surface area is 182 Å². The van der Waals surface area contributed by atoms with Crippen molar-refractivity contribution >= 4 is 5.91 Å². The second kappa shape index (κ2) is 10.4. The summed E-state index contributed by atoms with van der Waals surface area (Å²) in [4.78, 5) is 12.2. The summed E-state index contributed by atoms with van der Waals surface area (Å²) in [6.45, 7) is 1.17. The maximum Gasteiger partial charge on any atom is 0.221 e. The lowest BCUT2D eigenvalue weighted by molar-refractivity contribution is -0.121. The van der Waals surface area contributed by atoms with Crippen LogP contribution in [0.1, 0.15) is 44.1 Å². The molecule has 1 amide bonds. The van der Waals surface area contributed by atoms with Crippen LogP contribution in [0.4, 0.5) is 4.39 Å². The van der Waals surface area contributed by atoms with Gasteiger partial charge in [-0.15, -0.1) is 0 Å². The summed E-state index contributed by atoms with van der Waals surface area (Å²) in [5.74, 6) is -0.159. The van der Waals surface area contributed by atoms with Crippen molar-refractivity contribution in [3.63, 3.8) is 0 Å². The predicted molar refractivity (Wildman–Crippen MR) is 120 cm³/mol. The Morgan fingerprint density at radius 3 is 2.52 bits per heavy atom. The number of amides is 1. The average Bonchev–Trinajstić information content (AvgIpc) is 3.23. The van der Waals surface area contributed by atoms with E-state index in [1.165, 1.54) is 31.4 Å². The minimum absolute atomic E-state index is 0.109. The molecule has 6 heteroatoms. The highest BCUT2D eigenvalue weighted by molar-refractivity contribution is 5.76. The fourth-order valence-electron chi connectivity index (χ4n) is 4.07. The number of hydrogen-bond acceptors (Lipinski definition) is 3. The van der Waals surface area contributed by atoms with Gasteiger partial charge < -0.3 is 10.6 Å². The fraction of sp³-hybridized carbons (Fsp3) is 0.360. The fourth-order valence-corrected chi connectivity index (χ4v) is 4.07. The van der Waals surface area contributed by atoms with Gasteiger partial charge in [0.2, 0.25) is 5.91 Å². The standard InChI is InChI=1S/C25H29FN4O/c26-21-13-11-19(12-14-21)25-20(18-30(29-25)23-9-5-2-6-10-23)17-27-16-15-24(31)28-22-7-3-1-4-8-22/h2,5-6,9-14,18,22,27H,1,3-4,7-8,15-17H2,(H,28,31). The van der Waals surface area contributed by atoms with Crippen molar-refractivity contribution in [2.24, 2.45) is 0 Å². The molecule has 1 fully saturated rings. The van der Waals surface area contributed by atoms with Crippen LogP contribution in [0.2, 0.25) is 0 Å². The van der Waals surface area contributed by atoms with E-state index in [-0.39, 0.29) is 11.7 Å². The molecule has 1 aromatic heterocycles. The Hall–Kier alpha value is -2.99. The Morgan fingerprint density at radius 1 is 1.03 bits per heavy atom. The van der Waals surface area contributed by atoms with Gasteiger partial charge in [0, 0.05) is 42.9 Å². The van der Waals surface area contributed by atoms with Crippen molar-refractivity contribution in [2.45, 2.75) is 51.1 Å². The number of hydrogen-bond donors (Lipinski definition) is 2. The van der Waals surface area contributed by atoms with Crippen LogP contribution in [0.15, 0.2) is 60.8 Å². The molecule has 1 aliphatic carbocycles. The van der Waals surface area contributed by atoms with E-state index >= 15 is 0 Å². The van der Waals surface area contributed by atoms with Gasteiger partial charge in [0.15, 0.2) is 0 Å². The lowest BCUT2D eigenvalue weighted by Crippen LogP contribution is -2.37. The predicted octanol–water partition coefficient (Wildman–Crippen LogP) is 4.61. The number of benzene rings is 2. The zero-order chi connectivity index (χ0) is 21.5. The molecule has 4 rings (SSSR count). The molecule has 5 nitrogen and oxygen atoms in total. The molecule has 1 aliphatic rings. The number of carbonyl (C=O) groups is 1. The minimum Gasteiger partial charge on any atom is -0.353 e. The first-order valence-corrected chi connectivity index (χ1v) is 11.1. The highest BCUT2D eigenvalue weighted by Gasteiger charge is 2.16. The topological polar surface area (TPSA) is 59.0 Å². The van der Waals surface area contributed by atoms with Crippen LogP contribution in [0.5, 0.6) is 0 Å². The average molecular weight is 421 g/mol. The van der Waals surface area contributed by atoms with E-state index in [1.807, 2.05) is 41.2 Å². The third kappa shape index (κ3) is 5.79. The summed E-state index contributed by atoms with van der Waals surface area (Å²) in [7, 11) is 0. The van der Waals surface area contributed by atoms with E-state index in [0.717, 1.165) is 35.3 Å². The van der Waals surface area contributed by atoms with E-state index in [0.29, 0.717) is 25.6 Å². The second-order valence-electron chi connectivity index (χ2n) is 8.12. The summed E-state index contributed by atoms with van der Waals surface area (Å²) in [6, 6.07) is 16.6. The van der Waals surface area contributed by atoms with Gasteiger partial charge in [0.05, 0.1) is 11.4 Å². The van der Waals surface area contributed by atoms with Gasteiger partial charge >= 0.3 is 0 Å². The summed E-state index contributed by atoms with van der Waals surface area (Å²) in [5.41, 5.74) is 3.64. The molecule has 0 bridgehead atoms. The van der Waals surface area contributed by atoms with Crippen molar-refractivity contribution < 1.29 is 9.18 Å². The Balaban J connectivity index is 1.40. The van der Waals surface area contributed by atoms with E-state index in [4.69, 9.17) is 5.10 Å². The number of aromatic nitrogens is 2. The Bertz CT molecular complexity index is 979. The largest absolute Gasteiger partial charge is 0.353 e. The Morgan fingerprint density at radius 2 is 1.77 bits per heavy atom. The lowest BCUT2D eigenvalue weighted by Gasteiger charge is -2.22. The zero-order valence-electron chi connectivity index (χ0n) is 17.7.